The van der Waals surface area contributed by atoms with Gasteiger partial charge in [0.15, 0.2) is 0 Å². The molecule has 2 aromatic heterocycles. The molecule has 3 aromatic rings. The minimum Gasteiger partial charge on any atom is -0.378 e. The van der Waals surface area contributed by atoms with E-state index in [1.54, 1.807) is 11.3 Å². The summed E-state index contributed by atoms with van der Waals surface area (Å²) in [7, 11) is 1.90. The van der Waals surface area contributed by atoms with Crippen LogP contribution in [0.1, 0.15) is 5.69 Å². The molecule has 0 aliphatic rings. The number of benzene rings is 1. The summed E-state index contributed by atoms with van der Waals surface area (Å²) in [6, 6.07) is 5.77. The second-order valence-electron chi connectivity index (χ2n) is 3.85. The molecular formula is C12H10ClN3S2. The first-order valence-electron chi connectivity index (χ1n) is 5.39. The van der Waals surface area contributed by atoms with Gasteiger partial charge in [-0.15, -0.1) is 11.3 Å². The van der Waals surface area contributed by atoms with Crippen LogP contribution in [0.2, 0.25) is 5.02 Å². The Balaban J connectivity index is 2.22. The Kier molecular flexibility index (Phi) is 2.97. The van der Waals surface area contributed by atoms with Gasteiger partial charge in [0, 0.05) is 12.1 Å². The summed E-state index contributed by atoms with van der Waals surface area (Å²) in [5, 5.41) is 5.95. The van der Waals surface area contributed by atoms with E-state index >= 15 is 0 Å². The molecule has 0 bridgehead atoms. The summed E-state index contributed by atoms with van der Waals surface area (Å²) in [6.45, 7) is 2.01. The van der Waals surface area contributed by atoms with Gasteiger partial charge in [-0.2, -0.15) is 4.37 Å². The van der Waals surface area contributed by atoms with E-state index in [4.69, 9.17) is 11.6 Å². The van der Waals surface area contributed by atoms with Crippen molar-refractivity contribution in [3.8, 4) is 10.6 Å². The molecule has 0 amide bonds. The first-order chi connectivity index (χ1) is 8.69. The third-order valence-corrected chi connectivity index (χ3v) is 4.88. The summed E-state index contributed by atoms with van der Waals surface area (Å²) < 4.78 is 5.47. The number of hydrogen-bond donors (Lipinski definition) is 1. The van der Waals surface area contributed by atoms with Gasteiger partial charge < -0.3 is 5.32 Å². The smallest absolute Gasteiger partial charge is 0.129 e. The van der Waals surface area contributed by atoms with Crippen molar-refractivity contribution in [1.29, 1.82) is 0 Å². The molecule has 0 aliphatic carbocycles. The van der Waals surface area contributed by atoms with Gasteiger partial charge in [0.05, 0.1) is 21.5 Å². The minimum atomic E-state index is 0.742. The Hall–Kier alpha value is -1.17. The van der Waals surface area contributed by atoms with Crippen LogP contribution in [0.3, 0.4) is 0 Å². The maximum atomic E-state index is 6.00. The zero-order valence-corrected chi connectivity index (χ0v) is 12.2. The fraction of sp³-hybridized carbons (Fsp3) is 0.167. The standard InChI is InChI=1S/C12H10ClN3S2/c1-6-10(11(14-2)18-16-6)12-15-8-4-3-7(13)5-9(8)17-12/h3-5,14H,1-2H3. The van der Waals surface area contributed by atoms with Crippen molar-refractivity contribution in [2.45, 2.75) is 6.92 Å². The molecule has 92 valence electrons. The summed E-state index contributed by atoms with van der Waals surface area (Å²) in [4.78, 5) is 4.65. The number of nitrogens with zero attached hydrogens (tertiary/aromatic N) is 2. The highest BCUT2D eigenvalue weighted by molar-refractivity contribution is 7.22. The number of aryl methyl sites for hydroxylation is 1. The maximum absolute atomic E-state index is 6.00. The van der Waals surface area contributed by atoms with Gasteiger partial charge in [0.2, 0.25) is 0 Å². The molecule has 0 aliphatic heterocycles. The number of aromatic nitrogens is 2. The topological polar surface area (TPSA) is 37.8 Å². The first-order valence-corrected chi connectivity index (χ1v) is 7.36. The Labute approximate surface area is 118 Å². The molecule has 18 heavy (non-hydrogen) atoms. The van der Waals surface area contributed by atoms with Crippen LogP contribution in [-0.2, 0) is 0 Å². The maximum Gasteiger partial charge on any atom is 0.129 e. The number of fused-ring (bicyclic) bond motifs is 1. The summed E-state index contributed by atoms with van der Waals surface area (Å²) in [5.74, 6) is 0. The average Bonchev–Trinajstić information content (AvgIpc) is 2.91. The molecule has 3 nitrogen and oxygen atoms in total. The number of nitrogens with one attached hydrogen (secondary N) is 1. The van der Waals surface area contributed by atoms with E-state index in [1.165, 1.54) is 11.5 Å². The molecule has 2 heterocycles. The SMILES string of the molecule is CNc1snc(C)c1-c1nc2ccc(Cl)cc2s1. The van der Waals surface area contributed by atoms with E-state index in [9.17, 15) is 0 Å². The number of hydrogen-bond acceptors (Lipinski definition) is 5. The lowest BCUT2D eigenvalue weighted by Gasteiger charge is -1.98. The third kappa shape index (κ3) is 1.88. The van der Waals surface area contributed by atoms with Crippen LogP contribution in [0.15, 0.2) is 18.2 Å². The lowest BCUT2D eigenvalue weighted by Crippen LogP contribution is -1.87. The number of rotatable bonds is 2. The van der Waals surface area contributed by atoms with Crippen LogP contribution in [0.4, 0.5) is 5.00 Å². The monoisotopic (exact) mass is 295 g/mol. The summed E-state index contributed by atoms with van der Waals surface area (Å²) >= 11 is 9.11. The molecule has 0 unspecified atom stereocenters. The molecular weight excluding hydrogens is 286 g/mol. The van der Waals surface area contributed by atoms with Gasteiger partial charge >= 0.3 is 0 Å². The second-order valence-corrected chi connectivity index (χ2v) is 6.09. The molecule has 0 saturated heterocycles. The van der Waals surface area contributed by atoms with Crippen molar-refractivity contribution >= 4 is 49.7 Å². The fourth-order valence-corrected chi connectivity index (χ4v) is 3.95. The molecule has 0 atom stereocenters. The third-order valence-electron chi connectivity index (χ3n) is 2.65. The Morgan fingerprint density at radius 3 is 2.94 bits per heavy atom. The van der Waals surface area contributed by atoms with Crippen LogP contribution in [0, 0.1) is 6.92 Å². The zero-order chi connectivity index (χ0) is 12.7. The Morgan fingerprint density at radius 1 is 1.33 bits per heavy atom. The van der Waals surface area contributed by atoms with Crippen molar-refractivity contribution in [1.82, 2.24) is 9.36 Å². The quantitative estimate of drug-likeness (QED) is 0.760. The highest BCUT2D eigenvalue weighted by Crippen LogP contribution is 2.39. The fourth-order valence-electron chi connectivity index (χ4n) is 1.80. The van der Waals surface area contributed by atoms with E-state index in [0.717, 1.165) is 36.5 Å². The lowest BCUT2D eigenvalue weighted by atomic mass is 10.2. The van der Waals surface area contributed by atoms with Crippen LogP contribution in [-0.4, -0.2) is 16.4 Å². The molecule has 1 aromatic carbocycles. The van der Waals surface area contributed by atoms with E-state index in [2.05, 4.69) is 14.7 Å². The van der Waals surface area contributed by atoms with Crippen molar-refractivity contribution in [2.24, 2.45) is 0 Å². The molecule has 0 radical (unpaired) electrons. The van der Waals surface area contributed by atoms with E-state index in [-0.39, 0.29) is 0 Å². The molecule has 6 heteroatoms. The van der Waals surface area contributed by atoms with Crippen molar-refractivity contribution in [3.63, 3.8) is 0 Å². The van der Waals surface area contributed by atoms with Gasteiger partial charge in [0.25, 0.3) is 0 Å². The number of thiazole rings is 1. The van der Waals surface area contributed by atoms with Gasteiger partial charge in [-0.25, -0.2) is 4.98 Å². The predicted octanol–water partition coefficient (Wildman–Crippen LogP) is 4.42. The van der Waals surface area contributed by atoms with Gasteiger partial charge in [-0.3, -0.25) is 0 Å². The van der Waals surface area contributed by atoms with Crippen molar-refractivity contribution in [3.05, 3.63) is 28.9 Å². The zero-order valence-electron chi connectivity index (χ0n) is 9.82. The first kappa shape index (κ1) is 11.9. The average molecular weight is 296 g/mol. The highest BCUT2D eigenvalue weighted by Gasteiger charge is 2.16. The van der Waals surface area contributed by atoms with Crippen LogP contribution >= 0.6 is 34.5 Å². The summed E-state index contributed by atoms with van der Waals surface area (Å²) in [6.07, 6.45) is 0. The van der Waals surface area contributed by atoms with Crippen molar-refractivity contribution in [2.75, 3.05) is 12.4 Å². The number of anilines is 1. The van der Waals surface area contributed by atoms with E-state index in [0.29, 0.717) is 0 Å². The van der Waals surface area contributed by atoms with Gasteiger partial charge in [-0.05, 0) is 36.7 Å². The van der Waals surface area contributed by atoms with Crippen molar-refractivity contribution < 1.29 is 0 Å². The predicted molar refractivity (Wildman–Crippen MR) is 80.0 cm³/mol. The Morgan fingerprint density at radius 2 is 2.17 bits per heavy atom. The molecule has 0 fully saturated rings. The number of halogens is 1. The molecule has 0 spiro atoms. The normalized spacial score (nSPS) is 11.1. The molecule has 3 rings (SSSR count). The minimum absolute atomic E-state index is 0.742. The summed E-state index contributed by atoms with van der Waals surface area (Å²) in [5.41, 5.74) is 3.08. The van der Waals surface area contributed by atoms with E-state index in [1.807, 2.05) is 32.2 Å². The van der Waals surface area contributed by atoms with Crippen LogP contribution in [0.25, 0.3) is 20.8 Å². The van der Waals surface area contributed by atoms with Crippen LogP contribution in [0.5, 0.6) is 0 Å². The lowest BCUT2D eigenvalue weighted by molar-refractivity contribution is 1.33. The molecule has 0 saturated carbocycles. The Bertz CT molecular complexity index is 717. The van der Waals surface area contributed by atoms with Crippen LogP contribution < -0.4 is 5.32 Å². The second kappa shape index (κ2) is 4.50. The van der Waals surface area contributed by atoms with Gasteiger partial charge in [-0.1, -0.05) is 11.6 Å². The van der Waals surface area contributed by atoms with Gasteiger partial charge in [0.1, 0.15) is 10.0 Å². The largest absolute Gasteiger partial charge is 0.378 e. The van der Waals surface area contributed by atoms with E-state index < -0.39 is 0 Å². The molecule has 1 N–H and O–H groups in total. The highest BCUT2D eigenvalue weighted by atomic mass is 35.5.